The average molecular weight is 890 g/mol. The van der Waals surface area contributed by atoms with Crippen LogP contribution in [-0.2, 0) is 0 Å². The summed E-state index contributed by atoms with van der Waals surface area (Å²) in [7, 11) is 0. The first-order valence-corrected chi connectivity index (χ1v) is 23.8. The third kappa shape index (κ3) is 6.09. The van der Waals surface area contributed by atoms with Crippen molar-refractivity contribution in [2.75, 3.05) is 0 Å². The Hall–Kier alpha value is -7.94. The maximum atomic E-state index is 4.51. The maximum absolute atomic E-state index is 4.51. The Balaban J connectivity index is 1.08. The first-order chi connectivity index (χ1) is 32.3. The monoisotopic (exact) mass is 890 g/mol. The van der Waals surface area contributed by atoms with Crippen molar-refractivity contribution in [3.8, 4) is 66.8 Å². The van der Waals surface area contributed by atoms with E-state index < -0.39 is 0 Å². The number of hydrogen-bond acceptors (Lipinski definition) is 2. The third-order valence-electron chi connectivity index (χ3n) is 13.2. The topological polar surface area (TPSA) is 25.8 Å². The third-order valence-corrected chi connectivity index (χ3v) is 15.7. The van der Waals surface area contributed by atoms with Gasteiger partial charge in [0.2, 0.25) is 0 Å². The summed E-state index contributed by atoms with van der Waals surface area (Å²) in [4.78, 5) is 9.02. The van der Waals surface area contributed by atoms with Crippen LogP contribution in [0.5, 0.6) is 0 Å². The Morgan fingerprint density at radius 1 is 0.277 bits per heavy atom. The number of pyridine rings is 2. The van der Waals surface area contributed by atoms with Crippen LogP contribution >= 0.6 is 0 Å². The fraction of sp³-hybridized carbons (Fsp3) is 0. The quantitative estimate of drug-likeness (QED) is 0.123. The molecule has 0 aliphatic carbocycles. The van der Waals surface area contributed by atoms with E-state index in [0.717, 1.165) is 22.3 Å². The molecule has 302 valence electrons. The molecule has 0 bridgehead atoms. The summed E-state index contributed by atoms with van der Waals surface area (Å²) in [5, 5.41) is 12.8. The van der Waals surface area contributed by atoms with Crippen LogP contribution in [-0.4, -0.2) is 24.5 Å². The summed E-state index contributed by atoms with van der Waals surface area (Å²) in [6.45, 7) is 0. The van der Waals surface area contributed by atoms with Crippen LogP contribution in [0.2, 0.25) is 0 Å². The molecular formula is C62H38N2Se. The van der Waals surface area contributed by atoms with Gasteiger partial charge in [0.1, 0.15) is 0 Å². The van der Waals surface area contributed by atoms with Gasteiger partial charge in [0, 0.05) is 12.4 Å². The van der Waals surface area contributed by atoms with Crippen LogP contribution in [0.4, 0.5) is 0 Å². The van der Waals surface area contributed by atoms with Gasteiger partial charge >= 0.3 is 372 Å². The van der Waals surface area contributed by atoms with Crippen molar-refractivity contribution in [2.45, 2.75) is 0 Å². The molecule has 0 saturated heterocycles. The van der Waals surface area contributed by atoms with Gasteiger partial charge in [-0.3, -0.25) is 0 Å². The zero-order valence-corrected chi connectivity index (χ0v) is 37.0. The summed E-state index contributed by atoms with van der Waals surface area (Å²) in [5.41, 5.74) is 14.6. The van der Waals surface area contributed by atoms with Crippen molar-refractivity contribution >= 4 is 76.9 Å². The van der Waals surface area contributed by atoms with Crippen LogP contribution in [0, 0.1) is 0 Å². The van der Waals surface area contributed by atoms with Gasteiger partial charge < -0.3 is 0 Å². The van der Waals surface area contributed by atoms with E-state index in [2.05, 4.69) is 204 Å². The standard InChI is InChI=1S/C62H38N2Se/c1-2-16-39(17-3-1)57-45-20-4-8-24-49(45)59(50-25-9-5-21-46(50)57)53-28-13-31-56-61(53)55-30-12-29-54(62(55)65-56)60-51-26-10-6-22-47(51)58(48-23-7-11-27-52(48)60)44-35-42(40-18-14-32-63-37-40)34-43(36-44)41-19-15-33-64-38-41/h1-38H. The minimum atomic E-state index is 0.0738. The van der Waals surface area contributed by atoms with Crippen LogP contribution < -0.4 is 0 Å². The molecule has 0 N–H and O–H groups in total. The van der Waals surface area contributed by atoms with Crippen LogP contribution in [0.3, 0.4) is 0 Å². The Morgan fingerprint density at radius 3 is 1.18 bits per heavy atom. The van der Waals surface area contributed by atoms with E-state index in [-0.39, 0.29) is 14.5 Å². The molecule has 0 unspecified atom stereocenters. The van der Waals surface area contributed by atoms with E-state index in [1.807, 2.05) is 36.9 Å². The van der Waals surface area contributed by atoms with E-state index in [1.165, 1.54) is 107 Å². The fourth-order valence-corrected chi connectivity index (χ4v) is 13.1. The molecule has 3 heteroatoms. The number of fused-ring (bicyclic) bond motifs is 7. The molecule has 0 spiro atoms. The van der Waals surface area contributed by atoms with Crippen molar-refractivity contribution in [3.63, 3.8) is 0 Å². The van der Waals surface area contributed by atoms with Crippen molar-refractivity contribution in [1.29, 1.82) is 0 Å². The van der Waals surface area contributed by atoms with E-state index in [9.17, 15) is 0 Å². The molecule has 13 rings (SSSR count). The zero-order chi connectivity index (χ0) is 42.8. The van der Waals surface area contributed by atoms with Gasteiger partial charge in [0.25, 0.3) is 0 Å². The molecule has 0 atom stereocenters. The Bertz CT molecular complexity index is 3810. The Kier molecular flexibility index (Phi) is 8.91. The molecule has 3 aromatic heterocycles. The molecule has 2 nitrogen and oxygen atoms in total. The molecule has 0 amide bonds. The van der Waals surface area contributed by atoms with E-state index in [4.69, 9.17) is 0 Å². The molecule has 0 fully saturated rings. The van der Waals surface area contributed by atoms with Gasteiger partial charge in [-0.25, -0.2) is 0 Å². The van der Waals surface area contributed by atoms with Gasteiger partial charge in [-0.2, -0.15) is 0 Å². The first kappa shape index (κ1) is 37.6. The van der Waals surface area contributed by atoms with Gasteiger partial charge in [-0.15, -0.1) is 0 Å². The molecular weight excluding hydrogens is 852 g/mol. The number of nitrogens with zero attached hydrogens (tertiary/aromatic N) is 2. The van der Waals surface area contributed by atoms with Gasteiger partial charge in [-0.05, 0) is 0 Å². The molecule has 0 aliphatic heterocycles. The number of hydrogen-bond donors (Lipinski definition) is 0. The molecule has 3 heterocycles. The van der Waals surface area contributed by atoms with Gasteiger partial charge in [-0.1, -0.05) is 0 Å². The van der Waals surface area contributed by atoms with Gasteiger partial charge in [0.05, 0.1) is 0 Å². The zero-order valence-electron chi connectivity index (χ0n) is 35.2. The molecule has 10 aromatic carbocycles. The second-order valence-corrected chi connectivity index (χ2v) is 19.0. The van der Waals surface area contributed by atoms with Crippen molar-refractivity contribution in [1.82, 2.24) is 9.97 Å². The molecule has 65 heavy (non-hydrogen) atoms. The minimum absolute atomic E-state index is 0.0738. The van der Waals surface area contributed by atoms with E-state index >= 15 is 0 Å². The van der Waals surface area contributed by atoms with Gasteiger partial charge in [0.15, 0.2) is 0 Å². The molecule has 0 saturated carbocycles. The summed E-state index contributed by atoms with van der Waals surface area (Å²) >= 11 is 0.0738. The number of benzene rings is 10. The SMILES string of the molecule is c1ccc(-c2c3ccccc3c(-c3cccc4[se]c5c(-c6c7ccccc7c(-c7cc(-c8cccnc8)cc(-c8cccnc8)c7)c7ccccc67)cccc5c34)c3ccccc23)cc1. The average Bonchev–Trinajstić information content (AvgIpc) is 3.77. The van der Waals surface area contributed by atoms with E-state index in [0.29, 0.717) is 0 Å². The van der Waals surface area contributed by atoms with Crippen molar-refractivity contribution in [3.05, 3.63) is 231 Å². The fourth-order valence-electron chi connectivity index (χ4n) is 10.5. The first-order valence-electron chi connectivity index (χ1n) is 22.1. The Labute approximate surface area is 382 Å². The predicted molar refractivity (Wildman–Crippen MR) is 277 cm³/mol. The second-order valence-electron chi connectivity index (χ2n) is 16.8. The second kappa shape index (κ2) is 15.4. The summed E-state index contributed by atoms with van der Waals surface area (Å²) in [5.74, 6) is 0. The normalized spacial score (nSPS) is 11.7. The predicted octanol–water partition coefficient (Wildman–Crippen LogP) is 16.5. The Morgan fingerprint density at radius 2 is 0.677 bits per heavy atom. The molecule has 0 radical (unpaired) electrons. The van der Waals surface area contributed by atoms with Crippen molar-refractivity contribution in [2.24, 2.45) is 0 Å². The number of rotatable bonds is 6. The molecule has 13 aromatic rings. The van der Waals surface area contributed by atoms with Crippen LogP contribution in [0.25, 0.3) is 129 Å². The number of aromatic nitrogens is 2. The van der Waals surface area contributed by atoms with Crippen LogP contribution in [0.1, 0.15) is 0 Å². The molecule has 0 aliphatic rings. The van der Waals surface area contributed by atoms with E-state index in [1.54, 1.807) is 0 Å². The summed E-state index contributed by atoms with van der Waals surface area (Å²) in [6.07, 6.45) is 7.58. The van der Waals surface area contributed by atoms with Crippen LogP contribution in [0.15, 0.2) is 231 Å². The summed E-state index contributed by atoms with van der Waals surface area (Å²) < 4.78 is 2.87. The van der Waals surface area contributed by atoms with Crippen molar-refractivity contribution < 1.29 is 0 Å². The summed E-state index contributed by atoms with van der Waals surface area (Å²) in [6, 6.07) is 76.3.